The van der Waals surface area contributed by atoms with Crippen LogP contribution >= 0.6 is 11.6 Å². The fourth-order valence-corrected chi connectivity index (χ4v) is 2.68. The number of rotatable bonds is 4. The topological polar surface area (TPSA) is 24.5 Å². The molecule has 0 amide bonds. The number of halogens is 1. The van der Waals surface area contributed by atoms with Crippen LogP contribution in [0.4, 0.5) is 5.69 Å². The normalized spacial score (nSPS) is 19.9. The molecule has 0 radical (unpaired) electrons. The quantitative estimate of drug-likeness (QED) is 0.909. The Labute approximate surface area is 114 Å². The van der Waals surface area contributed by atoms with E-state index in [2.05, 4.69) is 17.1 Å². The summed E-state index contributed by atoms with van der Waals surface area (Å²) < 4.78 is 5.27. The van der Waals surface area contributed by atoms with Gasteiger partial charge in [0.1, 0.15) is 5.75 Å². The average Bonchev–Trinajstić information content (AvgIpc) is 2.40. The highest BCUT2D eigenvalue weighted by Crippen LogP contribution is 2.30. The number of hydrogen-bond acceptors (Lipinski definition) is 3. The summed E-state index contributed by atoms with van der Waals surface area (Å²) in [6.07, 6.45) is 2.41. The van der Waals surface area contributed by atoms with Gasteiger partial charge in [-0.2, -0.15) is 0 Å². The minimum atomic E-state index is 0.561. The Morgan fingerprint density at radius 3 is 3.06 bits per heavy atom. The Morgan fingerprint density at radius 1 is 1.50 bits per heavy atom. The molecule has 1 saturated heterocycles. The third kappa shape index (κ3) is 3.09. The van der Waals surface area contributed by atoms with Crippen molar-refractivity contribution in [1.29, 1.82) is 0 Å². The summed E-state index contributed by atoms with van der Waals surface area (Å²) in [5, 5.41) is 4.35. The van der Waals surface area contributed by atoms with Crippen molar-refractivity contribution in [2.24, 2.45) is 0 Å². The number of nitrogens with one attached hydrogen (secondary N) is 1. The van der Waals surface area contributed by atoms with Crippen LogP contribution in [0.2, 0.25) is 5.02 Å². The van der Waals surface area contributed by atoms with Gasteiger partial charge in [0.05, 0.1) is 17.8 Å². The van der Waals surface area contributed by atoms with E-state index in [4.69, 9.17) is 16.3 Å². The smallest absolute Gasteiger partial charge is 0.121 e. The van der Waals surface area contributed by atoms with Crippen LogP contribution < -0.4 is 15.0 Å². The van der Waals surface area contributed by atoms with Crippen LogP contribution in [-0.4, -0.2) is 32.8 Å². The molecule has 1 N–H and O–H groups in total. The molecule has 4 heteroatoms. The zero-order valence-electron chi connectivity index (χ0n) is 11.1. The van der Waals surface area contributed by atoms with Gasteiger partial charge >= 0.3 is 0 Å². The zero-order chi connectivity index (χ0) is 13.0. The number of methoxy groups -OCH3 is 1. The average molecular weight is 269 g/mol. The Balaban J connectivity index is 2.14. The van der Waals surface area contributed by atoms with Gasteiger partial charge in [-0.15, -0.1) is 0 Å². The van der Waals surface area contributed by atoms with Crippen LogP contribution in [0.1, 0.15) is 19.8 Å². The highest BCUT2D eigenvalue weighted by Gasteiger charge is 2.20. The Hall–Kier alpha value is -0.930. The summed E-state index contributed by atoms with van der Waals surface area (Å²) in [5.41, 5.74) is 1.08. The lowest BCUT2D eigenvalue weighted by molar-refractivity contribution is 0.412. The van der Waals surface area contributed by atoms with E-state index in [1.54, 1.807) is 7.11 Å². The number of hydrogen-bond donors (Lipinski definition) is 1. The van der Waals surface area contributed by atoms with Gasteiger partial charge in [0, 0.05) is 31.7 Å². The number of piperazine rings is 1. The predicted molar refractivity (Wildman–Crippen MR) is 76.9 cm³/mol. The van der Waals surface area contributed by atoms with Gasteiger partial charge in [-0.05, 0) is 18.6 Å². The van der Waals surface area contributed by atoms with Crippen molar-refractivity contribution in [3.63, 3.8) is 0 Å². The van der Waals surface area contributed by atoms with Crippen LogP contribution in [0.25, 0.3) is 0 Å². The van der Waals surface area contributed by atoms with E-state index >= 15 is 0 Å². The summed E-state index contributed by atoms with van der Waals surface area (Å²) in [6.45, 7) is 5.24. The summed E-state index contributed by atoms with van der Waals surface area (Å²) >= 11 is 6.29. The molecule has 0 spiro atoms. The molecule has 1 unspecified atom stereocenters. The summed E-state index contributed by atoms with van der Waals surface area (Å²) in [4.78, 5) is 2.35. The minimum Gasteiger partial charge on any atom is -0.497 e. The molecule has 1 aromatic rings. The summed E-state index contributed by atoms with van der Waals surface area (Å²) in [5.74, 6) is 0.861. The van der Waals surface area contributed by atoms with Gasteiger partial charge in [0.25, 0.3) is 0 Å². The molecule has 1 atom stereocenters. The zero-order valence-corrected chi connectivity index (χ0v) is 11.8. The number of anilines is 1. The van der Waals surface area contributed by atoms with E-state index in [0.29, 0.717) is 6.04 Å². The van der Waals surface area contributed by atoms with Crippen LogP contribution in [0, 0.1) is 0 Å². The van der Waals surface area contributed by atoms with Crippen molar-refractivity contribution in [3.05, 3.63) is 23.2 Å². The molecule has 0 saturated carbocycles. The molecule has 0 aliphatic carbocycles. The maximum Gasteiger partial charge on any atom is 0.121 e. The Kier molecular flexibility index (Phi) is 4.72. The van der Waals surface area contributed by atoms with Gasteiger partial charge in [-0.1, -0.05) is 24.9 Å². The highest BCUT2D eigenvalue weighted by atomic mass is 35.5. The van der Waals surface area contributed by atoms with Crippen LogP contribution in [0.15, 0.2) is 18.2 Å². The first-order chi connectivity index (χ1) is 8.74. The van der Waals surface area contributed by atoms with E-state index in [-0.39, 0.29) is 0 Å². The molecule has 1 fully saturated rings. The first kappa shape index (κ1) is 13.5. The van der Waals surface area contributed by atoms with Crippen molar-refractivity contribution in [1.82, 2.24) is 5.32 Å². The summed E-state index contributed by atoms with van der Waals surface area (Å²) in [6, 6.07) is 6.40. The van der Waals surface area contributed by atoms with Gasteiger partial charge in [-0.25, -0.2) is 0 Å². The number of nitrogens with zero attached hydrogens (tertiary/aromatic N) is 1. The molecular weight excluding hydrogens is 248 g/mol. The van der Waals surface area contributed by atoms with Crippen LogP contribution in [-0.2, 0) is 0 Å². The monoisotopic (exact) mass is 268 g/mol. The van der Waals surface area contributed by atoms with Crippen LogP contribution in [0.3, 0.4) is 0 Å². The lowest BCUT2D eigenvalue weighted by Crippen LogP contribution is -2.50. The van der Waals surface area contributed by atoms with Crippen molar-refractivity contribution in [2.45, 2.75) is 25.8 Å². The second kappa shape index (κ2) is 6.30. The van der Waals surface area contributed by atoms with Crippen molar-refractivity contribution in [3.8, 4) is 5.75 Å². The standard InChI is InChI=1S/C14H21ClN2O/c1-3-4-11-10-17(8-7-16-11)14-9-12(18-2)5-6-13(14)15/h5-6,9,11,16H,3-4,7-8,10H2,1-2H3. The molecule has 18 heavy (non-hydrogen) atoms. The molecule has 3 nitrogen and oxygen atoms in total. The predicted octanol–water partition coefficient (Wildman–Crippen LogP) is 2.93. The molecular formula is C14H21ClN2O. The Bertz CT molecular complexity index is 395. The minimum absolute atomic E-state index is 0.561. The van der Waals surface area contributed by atoms with E-state index in [9.17, 15) is 0 Å². The van der Waals surface area contributed by atoms with E-state index in [1.807, 2.05) is 18.2 Å². The fourth-order valence-electron chi connectivity index (χ4n) is 2.45. The maximum absolute atomic E-state index is 6.29. The van der Waals surface area contributed by atoms with E-state index in [0.717, 1.165) is 36.1 Å². The van der Waals surface area contributed by atoms with Gasteiger partial charge in [-0.3, -0.25) is 0 Å². The van der Waals surface area contributed by atoms with Gasteiger partial charge in [0.15, 0.2) is 0 Å². The molecule has 0 bridgehead atoms. The first-order valence-corrected chi connectivity index (χ1v) is 6.94. The van der Waals surface area contributed by atoms with Crippen molar-refractivity contribution < 1.29 is 4.74 Å². The maximum atomic E-state index is 6.29. The summed E-state index contributed by atoms with van der Waals surface area (Å²) in [7, 11) is 1.69. The number of ether oxygens (including phenoxy) is 1. The second-order valence-electron chi connectivity index (χ2n) is 4.70. The van der Waals surface area contributed by atoms with Gasteiger partial charge in [0.2, 0.25) is 0 Å². The molecule has 1 aromatic carbocycles. The second-order valence-corrected chi connectivity index (χ2v) is 5.11. The Morgan fingerprint density at radius 2 is 2.33 bits per heavy atom. The molecule has 1 heterocycles. The first-order valence-electron chi connectivity index (χ1n) is 6.56. The third-order valence-electron chi connectivity index (χ3n) is 3.39. The third-order valence-corrected chi connectivity index (χ3v) is 3.71. The fraction of sp³-hybridized carbons (Fsp3) is 0.571. The highest BCUT2D eigenvalue weighted by molar-refractivity contribution is 6.33. The van der Waals surface area contributed by atoms with Crippen LogP contribution in [0.5, 0.6) is 5.75 Å². The number of benzene rings is 1. The van der Waals surface area contributed by atoms with E-state index < -0.39 is 0 Å². The van der Waals surface area contributed by atoms with Crippen molar-refractivity contribution in [2.75, 3.05) is 31.6 Å². The largest absolute Gasteiger partial charge is 0.497 e. The van der Waals surface area contributed by atoms with Crippen molar-refractivity contribution >= 4 is 17.3 Å². The SMILES string of the molecule is CCCC1CN(c2cc(OC)ccc2Cl)CCN1. The molecule has 2 rings (SSSR count). The molecule has 100 valence electrons. The van der Waals surface area contributed by atoms with E-state index in [1.165, 1.54) is 12.8 Å². The lowest BCUT2D eigenvalue weighted by atomic mass is 10.1. The molecule has 0 aromatic heterocycles. The lowest BCUT2D eigenvalue weighted by Gasteiger charge is -2.35. The van der Waals surface area contributed by atoms with Gasteiger partial charge < -0.3 is 15.0 Å². The molecule has 1 aliphatic rings. The molecule has 1 aliphatic heterocycles.